The van der Waals surface area contributed by atoms with E-state index in [1.807, 2.05) is 36.4 Å². The van der Waals surface area contributed by atoms with Gasteiger partial charge in [-0.2, -0.15) is 0 Å². The molecule has 4 atom stereocenters. The normalized spacial score (nSPS) is 31.3. The molecule has 0 radical (unpaired) electrons. The maximum Gasteiger partial charge on any atom is 0.130 e. The lowest BCUT2D eigenvalue weighted by Crippen LogP contribution is -2.39. The number of piperidine rings is 2. The Morgan fingerprint density at radius 3 is 1.61 bits per heavy atom. The summed E-state index contributed by atoms with van der Waals surface area (Å²) in [5, 5.41) is 3.62. The third-order valence-corrected chi connectivity index (χ3v) is 8.55. The molecular weight excluding hydrogens is 474 g/mol. The van der Waals surface area contributed by atoms with Gasteiger partial charge in [-0.15, -0.1) is 12.4 Å². The molecule has 4 fully saturated rings. The van der Waals surface area contributed by atoms with Crippen LogP contribution in [-0.4, -0.2) is 36.1 Å². The Morgan fingerprint density at radius 2 is 1.14 bits per heavy atom. The Labute approximate surface area is 221 Å². The highest BCUT2D eigenvalue weighted by atomic mass is 35.5. The van der Waals surface area contributed by atoms with Gasteiger partial charge in [0.1, 0.15) is 11.6 Å². The van der Waals surface area contributed by atoms with Crippen molar-refractivity contribution in [3.63, 3.8) is 0 Å². The van der Waals surface area contributed by atoms with Crippen molar-refractivity contribution in [2.75, 3.05) is 7.05 Å². The van der Waals surface area contributed by atoms with Crippen molar-refractivity contribution in [1.29, 1.82) is 0 Å². The Bertz CT molecular complexity index is 1030. The van der Waals surface area contributed by atoms with Crippen molar-refractivity contribution in [2.45, 2.75) is 75.5 Å². The summed E-state index contributed by atoms with van der Waals surface area (Å²) >= 11 is 0. The van der Waals surface area contributed by atoms with Gasteiger partial charge >= 0.3 is 0 Å². The van der Waals surface area contributed by atoms with Gasteiger partial charge in [-0.1, -0.05) is 60.7 Å². The SMILES string of the molecule is CN1C2CCC1CC(/C=C/c1ccccc1F)C2.Cl.Fc1ccccc1/C=C/C1CC2CCC(C1)N2. The number of fused-ring (bicyclic) bond motifs is 4. The quantitative estimate of drug-likeness (QED) is 0.456. The van der Waals surface area contributed by atoms with E-state index in [0.717, 1.165) is 12.1 Å². The number of benzene rings is 2. The van der Waals surface area contributed by atoms with E-state index in [4.69, 9.17) is 0 Å². The predicted molar refractivity (Wildman–Crippen MR) is 148 cm³/mol. The molecule has 4 aliphatic rings. The van der Waals surface area contributed by atoms with Crippen molar-refractivity contribution in [1.82, 2.24) is 10.2 Å². The number of halogens is 3. The summed E-state index contributed by atoms with van der Waals surface area (Å²) in [6.07, 6.45) is 18.5. The summed E-state index contributed by atoms with van der Waals surface area (Å²) in [6.45, 7) is 0. The van der Waals surface area contributed by atoms with Crippen LogP contribution in [0.2, 0.25) is 0 Å². The topological polar surface area (TPSA) is 15.3 Å². The monoisotopic (exact) mass is 512 g/mol. The van der Waals surface area contributed by atoms with E-state index in [9.17, 15) is 8.78 Å². The Balaban J connectivity index is 0.000000165. The molecule has 0 spiro atoms. The van der Waals surface area contributed by atoms with Gasteiger partial charge < -0.3 is 10.2 Å². The molecule has 4 heterocycles. The summed E-state index contributed by atoms with van der Waals surface area (Å²) in [5.74, 6) is 0.997. The molecule has 4 unspecified atom stereocenters. The average molecular weight is 513 g/mol. The number of allylic oxidation sites excluding steroid dienone is 2. The molecule has 4 saturated heterocycles. The summed E-state index contributed by atoms with van der Waals surface area (Å²) in [4.78, 5) is 2.54. The second-order valence-electron chi connectivity index (χ2n) is 10.9. The van der Waals surface area contributed by atoms with Crippen LogP contribution in [0.25, 0.3) is 12.2 Å². The second kappa shape index (κ2) is 12.5. The zero-order chi connectivity index (χ0) is 24.2. The maximum atomic E-state index is 13.5. The van der Waals surface area contributed by atoms with Gasteiger partial charge in [-0.25, -0.2) is 8.78 Å². The van der Waals surface area contributed by atoms with E-state index in [-0.39, 0.29) is 24.0 Å². The first kappa shape index (κ1) is 27.0. The summed E-state index contributed by atoms with van der Waals surface area (Å²) in [5.41, 5.74) is 1.42. The minimum absolute atomic E-state index is 0. The molecular formula is C31H39ClF2N2. The molecule has 0 amide bonds. The number of hydrogen-bond donors (Lipinski definition) is 1. The van der Waals surface area contributed by atoms with Crippen LogP contribution in [0, 0.1) is 23.5 Å². The molecule has 0 aromatic heterocycles. The standard InChI is InChI=1S/C16H20FN.C15H18FN.ClH/c1-18-14-8-9-15(18)11-12(10-14)6-7-13-4-2-3-5-16(13)17;16-15-4-2-1-3-12(15)6-5-11-9-13-7-8-14(10-11)17-13;/h2-7,12,14-15H,8-11H2,1H3;1-6,11,13-14,17H,7-10H2;1H/b7-6+;6-5+;. The smallest absolute Gasteiger partial charge is 0.130 e. The minimum atomic E-state index is -0.124. The lowest BCUT2D eigenvalue weighted by Gasteiger charge is -2.35. The molecule has 4 bridgehead atoms. The van der Waals surface area contributed by atoms with Gasteiger partial charge in [-0.05, 0) is 82.4 Å². The molecule has 2 nitrogen and oxygen atoms in total. The summed E-state index contributed by atoms with van der Waals surface area (Å²) in [7, 11) is 2.25. The van der Waals surface area contributed by atoms with Gasteiger partial charge in [0.15, 0.2) is 0 Å². The van der Waals surface area contributed by atoms with E-state index >= 15 is 0 Å². The first-order valence-electron chi connectivity index (χ1n) is 13.4. The van der Waals surface area contributed by atoms with Crippen molar-refractivity contribution in [3.05, 3.63) is 83.4 Å². The highest BCUT2D eigenvalue weighted by molar-refractivity contribution is 5.85. The molecule has 0 aliphatic carbocycles. The van der Waals surface area contributed by atoms with Crippen LogP contribution in [0.4, 0.5) is 8.78 Å². The zero-order valence-corrected chi connectivity index (χ0v) is 22.0. The van der Waals surface area contributed by atoms with Crippen LogP contribution in [0.1, 0.15) is 62.5 Å². The molecule has 6 rings (SSSR count). The molecule has 2 aromatic carbocycles. The second-order valence-corrected chi connectivity index (χ2v) is 10.9. The number of nitrogens with one attached hydrogen (secondary N) is 1. The molecule has 2 aromatic rings. The fourth-order valence-electron chi connectivity index (χ4n) is 6.57. The first-order chi connectivity index (χ1) is 17.0. The summed E-state index contributed by atoms with van der Waals surface area (Å²) in [6, 6.07) is 16.9. The van der Waals surface area contributed by atoms with Gasteiger partial charge in [0.2, 0.25) is 0 Å². The summed E-state index contributed by atoms with van der Waals surface area (Å²) < 4.78 is 27.0. The van der Waals surface area contributed by atoms with E-state index < -0.39 is 0 Å². The van der Waals surface area contributed by atoms with Gasteiger partial charge in [-0.3, -0.25) is 0 Å². The van der Waals surface area contributed by atoms with E-state index in [1.54, 1.807) is 12.1 Å². The first-order valence-corrected chi connectivity index (χ1v) is 13.4. The molecule has 1 N–H and O–H groups in total. The fraction of sp³-hybridized carbons (Fsp3) is 0.484. The van der Waals surface area contributed by atoms with E-state index in [2.05, 4.69) is 29.4 Å². The van der Waals surface area contributed by atoms with E-state index in [1.165, 1.54) is 63.5 Å². The Morgan fingerprint density at radius 1 is 0.694 bits per heavy atom. The van der Waals surface area contributed by atoms with Crippen molar-refractivity contribution >= 4 is 24.6 Å². The average Bonchev–Trinajstić information content (AvgIpc) is 3.29. The lowest BCUT2D eigenvalue weighted by molar-refractivity contribution is 0.152. The van der Waals surface area contributed by atoms with Crippen LogP contribution >= 0.6 is 12.4 Å². The largest absolute Gasteiger partial charge is 0.311 e. The highest BCUT2D eigenvalue weighted by Gasteiger charge is 2.37. The van der Waals surface area contributed by atoms with Gasteiger partial charge in [0.05, 0.1) is 0 Å². The van der Waals surface area contributed by atoms with Gasteiger partial charge in [0, 0.05) is 35.3 Å². The minimum Gasteiger partial charge on any atom is -0.311 e. The Hall–Kier alpha value is -2.01. The lowest BCUT2D eigenvalue weighted by atomic mass is 9.90. The van der Waals surface area contributed by atoms with Crippen LogP contribution in [0.3, 0.4) is 0 Å². The molecule has 5 heteroatoms. The third kappa shape index (κ3) is 6.65. The fourth-order valence-corrected chi connectivity index (χ4v) is 6.57. The number of hydrogen-bond acceptors (Lipinski definition) is 2. The third-order valence-electron chi connectivity index (χ3n) is 8.55. The molecule has 194 valence electrons. The van der Waals surface area contributed by atoms with Crippen LogP contribution in [0.5, 0.6) is 0 Å². The maximum absolute atomic E-state index is 13.5. The predicted octanol–water partition coefficient (Wildman–Crippen LogP) is 7.50. The van der Waals surface area contributed by atoms with Crippen LogP contribution < -0.4 is 5.32 Å². The van der Waals surface area contributed by atoms with Crippen LogP contribution in [-0.2, 0) is 0 Å². The molecule has 36 heavy (non-hydrogen) atoms. The van der Waals surface area contributed by atoms with Crippen molar-refractivity contribution < 1.29 is 8.78 Å². The Kier molecular flexibility index (Phi) is 9.38. The zero-order valence-electron chi connectivity index (χ0n) is 21.2. The number of rotatable bonds is 4. The van der Waals surface area contributed by atoms with Crippen molar-refractivity contribution in [3.8, 4) is 0 Å². The molecule has 0 saturated carbocycles. The van der Waals surface area contributed by atoms with E-state index in [0.29, 0.717) is 35.0 Å². The van der Waals surface area contributed by atoms with Crippen molar-refractivity contribution in [2.24, 2.45) is 11.8 Å². The highest BCUT2D eigenvalue weighted by Crippen LogP contribution is 2.38. The van der Waals surface area contributed by atoms with Crippen LogP contribution in [0.15, 0.2) is 60.7 Å². The number of nitrogens with zero attached hydrogens (tertiary/aromatic N) is 1. The van der Waals surface area contributed by atoms with Gasteiger partial charge in [0.25, 0.3) is 0 Å². The molecule has 4 aliphatic heterocycles.